The molecule has 3 aromatic rings. The minimum atomic E-state index is -0.0545. The van der Waals surface area contributed by atoms with Crippen LogP contribution in [0.25, 0.3) is 17.1 Å². The van der Waals surface area contributed by atoms with E-state index in [0.717, 1.165) is 16.6 Å². The van der Waals surface area contributed by atoms with E-state index < -0.39 is 0 Å². The van der Waals surface area contributed by atoms with Gasteiger partial charge >= 0.3 is 0 Å². The molecule has 0 aliphatic heterocycles. The summed E-state index contributed by atoms with van der Waals surface area (Å²) in [6.07, 6.45) is 4.90. The number of likely N-dealkylation sites (N-methyl/N-ethyl adjacent to an activating group) is 1. The summed E-state index contributed by atoms with van der Waals surface area (Å²) in [5, 5.41) is 4.05. The fourth-order valence-corrected chi connectivity index (χ4v) is 2.73. The second kappa shape index (κ2) is 6.49. The number of carbonyl (C=O) groups excluding carboxylic acids is 1. The van der Waals surface area contributed by atoms with Crippen molar-refractivity contribution in [2.75, 3.05) is 7.05 Å². The van der Waals surface area contributed by atoms with Crippen molar-refractivity contribution in [3.63, 3.8) is 0 Å². The van der Waals surface area contributed by atoms with Crippen LogP contribution in [0.5, 0.6) is 0 Å². The predicted molar refractivity (Wildman–Crippen MR) is 89.4 cm³/mol. The van der Waals surface area contributed by atoms with Gasteiger partial charge in [-0.15, -0.1) is 0 Å². The largest absolute Gasteiger partial charge is 0.338 e. The van der Waals surface area contributed by atoms with Crippen LogP contribution in [-0.2, 0) is 11.3 Å². The molecule has 0 aliphatic rings. The van der Waals surface area contributed by atoms with Crippen LogP contribution in [0.1, 0.15) is 11.3 Å². The van der Waals surface area contributed by atoms with Gasteiger partial charge in [-0.3, -0.25) is 9.78 Å². The number of aromatic nitrogens is 2. The lowest BCUT2D eigenvalue weighted by molar-refractivity contribution is -0.125. The number of benzene rings is 1. The maximum absolute atomic E-state index is 12.1. The quantitative estimate of drug-likeness (QED) is 0.694. The molecule has 0 saturated heterocycles. The van der Waals surface area contributed by atoms with E-state index in [0.29, 0.717) is 12.2 Å². The third kappa shape index (κ3) is 3.38. The molecule has 1 amide bonds. The Labute approximate surface area is 132 Å². The normalized spacial score (nSPS) is 11.1. The summed E-state index contributed by atoms with van der Waals surface area (Å²) >= 11 is 1.63. The Bertz CT molecular complexity index is 812. The molecular formula is C17H15N3OS. The average Bonchev–Trinajstić information content (AvgIpc) is 3.05. The molecule has 0 saturated carbocycles. The minimum Gasteiger partial charge on any atom is -0.338 e. The van der Waals surface area contributed by atoms with Gasteiger partial charge in [0.1, 0.15) is 0 Å². The van der Waals surface area contributed by atoms with Crippen LogP contribution in [0, 0.1) is 0 Å². The van der Waals surface area contributed by atoms with Crippen molar-refractivity contribution in [3.05, 3.63) is 64.6 Å². The summed E-state index contributed by atoms with van der Waals surface area (Å²) in [6, 6.07) is 9.69. The van der Waals surface area contributed by atoms with Gasteiger partial charge in [-0.1, -0.05) is 12.1 Å². The lowest BCUT2D eigenvalue weighted by atomic mass is 10.3. The van der Waals surface area contributed by atoms with Gasteiger partial charge in [0.25, 0.3) is 0 Å². The fraction of sp³-hybridized carbons (Fsp3) is 0.118. The second-order valence-corrected chi connectivity index (χ2v) is 5.72. The predicted octanol–water partition coefficient (Wildman–Crippen LogP) is 3.36. The number of rotatable bonds is 4. The minimum absolute atomic E-state index is 0.0545. The SMILES string of the molecule is CN(Cc1ccsc1)C(=O)/C=C/c1cnc2ccccc2n1. The Morgan fingerprint density at radius 3 is 2.86 bits per heavy atom. The smallest absolute Gasteiger partial charge is 0.246 e. The molecule has 22 heavy (non-hydrogen) atoms. The topological polar surface area (TPSA) is 46.1 Å². The molecule has 0 spiro atoms. The number of fused-ring (bicyclic) bond motifs is 1. The van der Waals surface area contributed by atoms with Gasteiger partial charge in [-0.05, 0) is 40.6 Å². The van der Waals surface area contributed by atoms with Crippen LogP contribution < -0.4 is 0 Å². The molecule has 0 bridgehead atoms. The Hall–Kier alpha value is -2.53. The number of hydrogen-bond donors (Lipinski definition) is 0. The highest BCUT2D eigenvalue weighted by molar-refractivity contribution is 7.07. The number of hydrogen-bond acceptors (Lipinski definition) is 4. The molecule has 2 heterocycles. The number of amides is 1. The standard InChI is InChI=1S/C17H15N3OS/c1-20(11-13-8-9-22-12-13)17(21)7-6-14-10-18-15-4-2-3-5-16(15)19-14/h2-10,12H,11H2,1H3/b7-6+. The lowest BCUT2D eigenvalue weighted by Crippen LogP contribution is -2.23. The summed E-state index contributed by atoms with van der Waals surface area (Å²) in [5.41, 5.74) is 3.49. The second-order valence-electron chi connectivity index (χ2n) is 4.94. The zero-order valence-corrected chi connectivity index (χ0v) is 13.0. The molecule has 0 aliphatic carbocycles. The highest BCUT2D eigenvalue weighted by Crippen LogP contribution is 2.11. The van der Waals surface area contributed by atoms with Gasteiger partial charge in [0.2, 0.25) is 5.91 Å². The van der Waals surface area contributed by atoms with Crippen molar-refractivity contribution in [1.29, 1.82) is 0 Å². The van der Waals surface area contributed by atoms with Crippen molar-refractivity contribution in [2.24, 2.45) is 0 Å². The van der Waals surface area contributed by atoms with Crippen LogP contribution in [-0.4, -0.2) is 27.8 Å². The van der Waals surface area contributed by atoms with Crippen molar-refractivity contribution in [3.8, 4) is 0 Å². The molecule has 0 radical (unpaired) electrons. The highest BCUT2D eigenvalue weighted by Gasteiger charge is 2.06. The van der Waals surface area contributed by atoms with E-state index in [4.69, 9.17) is 0 Å². The van der Waals surface area contributed by atoms with Gasteiger partial charge in [-0.25, -0.2) is 4.98 Å². The van der Waals surface area contributed by atoms with Crippen LogP contribution in [0.15, 0.2) is 53.4 Å². The van der Waals surface area contributed by atoms with E-state index in [9.17, 15) is 4.79 Å². The first-order valence-corrected chi connectivity index (χ1v) is 7.83. The van der Waals surface area contributed by atoms with E-state index in [1.165, 1.54) is 6.08 Å². The first-order valence-electron chi connectivity index (χ1n) is 6.88. The zero-order valence-electron chi connectivity index (χ0n) is 12.1. The van der Waals surface area contributed by atoms with Gasteiger partial charge in [0.05, 0.1) is 22.9 Å². The maximum atomic E-state index is 12.1. The summed E-state index contributed by atoms with van der Waals surface area (Å²) in [4.78, 5) is 22.6. The van der Waals surface area contributed by atoms with Crippen molar-refractivity contribution < 1.29 is 4.79 Å². The summed E-state index contributed by atoms with van der Waals surface area (Å²) < 4.78 is 0. The number of thiophene rings is 1. The fourth-order valence-electron chi connectivity index (χ4n) is 2.07. The molecular weight excluding hydrogens is 294 g/mol. The molecule has 3 rings (SSSR count). The molecule has 0 atom stereocenters. The lowest BCUT2D eigenvalue weighted by Gasteiger charge is -2.13. The Morgan fingerprint density at radius 1 is 1.27 bits per heavy atom. The molecule has 1 aromatic carbocycles. The van der Waals surface area contributed by atoms with Crippen molar-refractivity contribution in [1.82, 2.24) is 14.9 Å². The monoisotopic (exact) mass is 309 g/mol. The third-order valence-corrected chi connectivity index (χ3v) is 3.97. The van der Waals surface area contributed by atoms with E-state index in [-0.39, 0.29) is 5.91 Å². The van der Waals surface area contributed by atoms with Gasteiger partial charge in [0, 0.05) is 19.7 Å². The zero-order chi connectivity index (χ0) is 15.4. The van der Waals surface area contributed by atoms with E-state index in [1.54, 1.807) is 35.6 Å². The van der Waals surface area contributed by atoms with E-state index in [2.05, 4.69) is 9.97 Å². The first kappa shape index (κ1) is 14.4. The highest BCUT2D eigenvalue weighted by atomic mass is 32.1. The molecule has 0 fully saturated rings. The van der Waals surface area contributed by atoms with E-state index in [1.807, 2.05) is 41.1 Å². The molecule has 0 unspecified atom stereocenters. The van der Waals surface area contributed by atoms with Crippen molar-refractivity contribution in [2.45, 2.75) is 6.54 Å². The van der Waals surface area contributed by atoms with Gasteiger partial charge in [0.15, 0.2) is 0 Å². The summed E-state index contributed by atoms with van der Waals surface area (Å²) in [5.74, 6) is -0.0545. The molecule has 5 heteroatoms. The van der Waals surface area contributed by atoms with Crippen LogP contribution in [0.2, 0.25) is 0 Å². The number of para-hydroxylation sites is 2. The summed E-state index contributed by atoms with van der Waals surface area (Å²) in [6.45, 7) is 0.607. The first-order chi connectivity index (χ1) is 10.7. The number of nitrogens with zero attached hydrogens (tertiary/aromatic N) is 3. The van der Waals surface area contributed by atoms with Gasteiger partial charge < -0.3 is 4.90 Å². The third-order valence-electron chi connectivity index (χ3n) is 3.24. The molecule has 110 valence electrons. The Morgan fingerprint density at radius 2 is 2.09 bits per heavy atom. The molecule has 2 aromatic heterocycles. The van der Waals surface area contributed by atoms with Crippen LogP contribution in [0.3, 0.4) is 0 Å². The van der Waals surface area contributed by atoms with Crippen LogP contribution in [0.4, 0.5) is 0 Å². The molecule has 0 N–H and O–H groups in total. The van der Waals surface area contributed by atoms with E-state index >= 15 is 0 Å². The van der Waals surface area contributed by atoms with Crippen molar-refractivity contribution >= 4 is 34.4 Å². The average molecular weight is 309 g/mol. The summed E-state index contributed by atoms with van der Waals surface area (Å²) in [7, 11) is 1.79. The maximum Gasteiger partial charge on any atom is 0.246 e. The number of carbonyl (C=O) groups is 1. The molecule has 4 nitrogen and oxygen atoms in total. The van der Waals surface area contributed by atoms with Gasteiger partial charge in [-0.2, -0.15) is 11.3 Å². The Balaban J connectivity index is 1.70. The van der Waals surface area contributed by atoms with Crippen LogP contribution >= 0.6 is 11.3 Å². The Kier molecular flexibility index (Phi) is 4.25.